The van der Waals surface area contributed by atoms with Crippen molar-refractivity contribution in [2.24, 2.45) is 0 Å². The molecule has 1 heterocycles. The molecule has 0 aliphatic carbocycles. The molecule has 0 saturated carbocycles. The summed E-state index contributed by atoms with van der Waals surface area (Å²) in [5.74, 6) is 0.507. The van der Waals surface area contributed by atoms with Crippen molar-refractivity contribution in [3.05, 3.63) is 53.6 Å². The van der Waals surface area contributed by atoms with Gasteiger partial charge in [-0.15, -0.1) is 0 Å². The van der Waals surface area contributed by atoms with Crippen molar-refractivity contribution < 1.29 is 27.2 Å². The molecule has 28 heavy (non-hydrogen) atoms. The molecule has 0 bridgehead atoms. The molecule has 0 amide bonds. The van der Waals surface area contributed by atoms with Crippen molar-refractivity contribution in [1.29, 1.82) is 0 Å². The molecule has 0 atom stereocenters. The number of hydrogen-bond donors (Lipinski definition) is 1. The second-order valence-corrected chi connectivity index (χ2v) is 7.87. The maximum absolute atomic E-state index is 12.7. The Bertz CT molecular complexity index is 835. The molecule has 1 saturated heterocycles. The fourth-order valence-electron chi connectivity index (χ4n) is 2.80. The van der Waals surface area contributed by atoms with Gasteiger partial charge in [-0.3, -0.25) is 0 Å². The molecule has 0 unspecified atom stereocenters. The Labute approximate surface area is 162 Å². The fraction of sp³-hybridized carbons (Fsp3) is 0.400. The van der Waals surface area contributed by atoms with Gasteiger partial charge in [0, 0.05) is 11.2 Å². The zero-order valence-corrected chi connectivity index (χ0v) is 16.3. The molecule has 1 aliphatic rings. The standard InChI is InChI=1S/C20H23BF3NO3/c1-18(2)19(3,4)28-21(27-18)16-11-15(25)9-10-17(16)26-12-13-5-7-14(8-6-13)20(22,23)24/h5-11H,12,25H2,1-4H3. The molecule has 2 N–H and O–H groups in total. The lowest BCUT2D eigenvalue weighted by Gasteiger charge is -2.32. The van der Waals surface area contributed by atoms with Crippen LogP contribution in [0.3, 0.4) is 0 Å². The molecule has 0 aromatic heterocycles. The second kappa shape index (κ2) is 7.01. The first-order valence-electron chi connectivity index (χ1n) is 8.93. The molecule has 1 fully saturated rings. The first-order valence-corrected chi connectivity index (χ1v) is 8.93. The van der Waals surface area contributed by atoms with Gasteiger partial charge >= 0.3 is 13.3 Å². The van der Waals surface area contributed by atoms with Gasteiger partial charge in [-0.05, 0) is 63.6 Å². The van der Waals surface area contributed by atoms with Crippen LogP contribution in [0.4, 0.5) is 18.9 Å². The lowest BCUT2D eigenvalue weighted by Crippen LogP contribution is -2.41. The molecule has 0 spiro atoms. The Morgan fingerprint density at radius 2 is 1.54 bits per heavy atom. The first-order chi connectivity index (χ1) is 12.9. The average molecular weight is 393 g/mol. The second-order valence-electron chi connectivity index (χ2n) is 7.87. The van der Waals surface area contributed by atoms with E-state index >= 15 is 0 Å². The van der Waals surface area contributed by atoms with Crippen LogP contribution in [0.25, 0.3) is 0 Å². The highest BCUT2D eigenvalue weighted by atomic mass is 19.4. The molecule has 8 heteroatoms. The van der Waals surface area contributed by atoms with Crippen molar-refractivity contribution in [2.75, 3.05) is 5.73 Å². The summed E-state index contributed by atoms with van der Waals surface area (Å²) in [6, 6.07) is 10.00. The lowest BCUT2D eigenvalue weighted by molar-refractivity contribution is -0.137. The van der Waals surface area contributed by atoms with E-state index in [4.69, 9.17) is 19.8 Å². The number of hydrogen-bond acceptors (Lipinski definition) is 4. The van der Waals surface area contributed by atoms with Crippen molar-refractivity contribution in [3.8, 4) is 5.75 Å². The number of alkyl halides is 3. The largest absolute Gasteiger partial charge is 0.498 e. The van der Waals surface area contributed by atoms with E-state index in [-0.39, 0.29) is 6.61 Å². The fourth-order valence-corrected chi connectivity index (χ4v) is 2.80. The van der Waals surface area contributed by atoms with Gasteiger partial charge < -0.3 is 19.8 Å². The molecule has 1 aliphatic heterocycles. The topological polar surface area (TPSA) is 53.7 Å². The number of anilines is 1. The van der Waals surface area contributed by atoms with Crippen LogP contribution >= 0.6 is 0 Å². The molecule has 0 radical (unpaired) electrons. The Kier molecular flexibility index (Phi) is 5.14. The smallest absolute Gasteiger partial charge is 0.489 e. The van der Waals surface area contributed by atoms with E-state index in [1.807, 2.05) is 27.7 Å². The Morgan fingerprint density at radius 3 is 2.07 bits per heavy atom. The zero-order chi connectivity index (χ0) is 20.7. The van der Waals surface area contributed by atoms with Crippen LogP contribution in [0.5, 0.6) is 5.75 Å². The quantitative estimate of drug-likeness (QED) is 0.626. The number of nitrogen functional groups attached to an aromatic ring is 1. The van der Waals surface area contributed by atoms with E-state index in [2.05, 4.69) is 0 Å². The number of rotatable bonds is 4. The van der Waals surface area contributed by atoms with Crippen LogP contribution in [0.2, 0.25) is 0 Å². The van der Waals surface area contributed by atoms with E-state index in [1.54, 1.807) is 18.2 Å². The Morgan fingerprint density at radius 1 is 0.964 bits per heavy atom. The molecule has 2 aromatic carbocycles. The lowest BCUT2D eigenvalue weighted by atomic mass is 9.78. The van der Waals surface area contributed by atoms with Gasteiger partial charge in [-0.2, -0.15) is 13.2 Å². The van der Waals surface area contributed by atoms with Gasteiger partial charge in [-0.1, -0.05) is 12.1 Å². The minimum atomic E-state index is -4.36. The van der Waals surface area contributed by atoms with Crippen LogP contribution in [0.15, 0.2) is 42.5 Å². The average Bonchev–Trinajstić information content (AvgIpc) is 2.81. The van der Waals surface area contributed by atoms with E-state index in [9.17, 15) is 13.2 Å². The third-order valence-corrected chi connectivity index (χ3v) is 5.22. The van der Waals surface area contributed by atoms with Gasteiger partial charge in [-0.25, -0.2) is 0 Å². The minimum absolute atomic E-state index is 0.106. The van der Waals surface area contributed by atoms with E-state index in [0.717, 1.165) is 12.1 Å². The summed E-state index contributed by atoms with van der Waals surface area (Å²) in [5.41, 5.74) is 5.98. The van der Waals surface area contributed by atoms with Crippen molar-refractivity contribution in [1.82, 2.24) is 0 Å². The SMILES string of the molecule is CC1(C)OB(c2cc(N)ccc2OCc2ccc(C(F)(F)F)cc2)OC1(C)C. The number of ether oxygens (including phenoxy) is 1. The van der Waals surface area contributed by atoms with Crippen LogP contribution in [-0.4, -0.2) is 18.3 Å². The monoisotopic (exact) mass is 393 g/mol. The highest BCUT2D eigenvalue weighted by Gasteiger charge is 2.52. The predicted octanol–water partition coefficient (Wildman–Crippen LogP) is 4.17. The third-order valence-electron chi connectivity index (χ3n) is 5.22. The molecule has 4 nitrogen and oxygen atoms in total. The van der Waals surface area contributed by atoms with Crippen molar-refractivity contribution in [2.45, 2.75) is 51.7 Å². The summed E-state index contributed by atoms with van der Waals surface area (Å²) in [5, 5.41) is 0. The van der Waals surface area contributed by atoms with Gasteiger partial charge in [0.15, 0.2) is 0 Å². The molecular formula is C20H23BF3NO3. The normalized spacial score (nSPS) is 18.3. The molecule has 2 aromatic rings. The van der Waals surface area contributed by atoms with Crippen molar-refractivity contribution >= 4 is 18.3 Å². The number of benzene rings is 2. The number of nitrogens with two attached hydrogens (primary N) is 1. The third kappa shape index (κ3) is 4.13. The van der Waals surface area contributed by atoms with E-state index in [1.165, 1.54) is 12.1 Å². The Balaban J connectivity index is 1.79. The van der Waals surface area contributed by atoms with Gasteiger partial charge in [0.2, 0.25) is 0 Å². The maximum atomic E-state index is 12.7. The summed E-state index contributed by atoms with van der Waals surface area (Å²) >= 11 is 0. The zero-order valence-electron chi connectivity index (χ0n) is 16.3. The van der Waals surface area contributed by atoms with E-state index < -0.39 is 30.1 Å². The number of halogens is 3. The summed E-state index contributed by atoms with van der Waals surface area (Å²) in [6.45, 7) is 7.89. The van der Waals surface area contributed by atoms with Crippen LogP contribution in [0, 0.1) is 0 Å². The van der Waals surface area contributed by atoms with E-state index in [0.29, 0.717) is 22.5 Å². The minimum Gasteiger partial charge on any atom is -0.489 e. The van der Waals surface area contributed by atoms with Crippen LogP contribution in [0.1, 0.15) is 38.8 Å². The Hall–Kier alpha value is -2.19. The van der Waals surface area contributed by atoms with Gasteiger partial charge in [0.1, 0.15) is 12.4 Å². The summed E-state index contributed by atoms with van der Waals surface area (Å²) in [6.07, 6.45) is -4.36. The van der Waals surface area contributed by atoms with Crippen LogP contribution < -0.4 is 15.9 Å². The molecule has 3 rings (SSSR count). The maximum Gasteiger partial charge on any atom is 0.498 e. The van der Waals surface area contributed by atoms with Crippen LogP contribution in [-0.2, 0) is 22.1 Å². The van der Waals surface area contributed by atoms with Gasteiger partial charge in [0.25, 0.3) is 0 Å². The first kappa shape index (κ1) is 20.5. The molecule has 150 valence electrons. The predicted molar refractivity (Wildman–Crippen MR) is 102 cm³/mol. The highest BCUT2D eigenvalue weighted by Crippen LogP contribution is 2.37. The summed E-state index contributed by atoms with van der Waals surface area (Å²) < 4.78 is 56.1. The summed E-state index contributed by atoms with van der Waals surface area (Å²) in [4.78, 5) is 0. The highest BCUT2D eigenvalue weighted by molar-refractivity contribution is 6.63. The summed E-state index contributed by atoms with van der Waals surface area (Å²) in [7, 11) is -0.656. The van der Waals surface area contributed by atoms with Crippen molar-refractivity contribution in [3.63, 3.8) is 0 Å². The molecular weight excluding hydrogens is 370 g/mol. The van der Waals surface area contributed by atoms with Gasteiger partial charge in [0.05, 0.1) is 16.8 Å².